The van der Waals surface area contributed by atoms with Gasteiger partial charge < -0.3 is 0 Å². The summed E-state index contributed by atoms with van der Waals surface area (Å²) < 4.78 is 13.9. The van der Waals surface area contributed by atoms with Crippen molar-refractivity contribution in [1.29, 1.82) is 0 Å². The van der Waals surface area contributed by atoms with Crippen LogP contribution in [0.4, 0.5) is 4.39 Å². The summed E-state index contributed by atoms with van der Waals surface area (Å²) in [6.45, 7) is 6.17. The summed E-state index contributed by atoms with van der Waals surface area (Å²) in [5, 5.41) is 0.385. The Hall–Kier alpha value is -1.00. The van der Waals surface area contributed by atoms with E-state index in [1.54, 1.807) is 6.07 Å². The molecule has 1 aromatic heterocycles. The van der Waals surface area contributed by atoms with Crippen LogP contribution in [-0.2, 0) is 11.8 Å². The smallest absolute Gasteiger partial charge is 0.147 e. The molecular weight excluding hydrogens is 343 g/mol. The van der Waals surface area contributed by atoms with E-state index in [-0.39, 0.29) is 11.2 Å². The van der Waals surface area contributed by atoms with E-state index in [0.717, 1.165) is 15.7 Å². The lowest BCUT2D eigenvalue weighted by atomic mass is 9.92. The fraction of sp³-hybridized carbons (Fsp3) is 0.333. The van der Waals surface area contributed by atoms with Crippen LogP contribution in [0.5, 0.6) is 0 Å². The second-order valence-corrected chi connectivity index (χ2v) is 6.80. The molecule has 0 aliphatic heterocycles. The maximum atomic E-state index is 13.2. The molecule has 0 amide bonds. The summed E-state index contributed by atoms with van der Waals surface area (Å²) in [5.74, 6) is 0.329. The Labute approximate surface area is 131 Å². The van der Waals surface area contributed by atoms with Crippen molar-refractivity contribution in [3.8, 4) is 0 Å². The molecule has 1 aromatic carbocycles. The van der Waals surface area contributed by atoms with Crippen molar-refractivity contribution in [2.75, 3.05) is 0 Å². The topological polar surface area (TPSA) is 25.8 Å². The second-order valence-electron chi connectivity index (χ2n) is 5.65. The molecule has 5 heteroatoms. The summed E-state index contributed by atoms with van der Waals surface area (Å²) >= 11 is 9.58. The summed E-state index contributed by atoms with van der Waals surface area (Å²) in [7, 11) is 0. The van der Waals surface area contributed by atoms with E-state index in [9.17, 15) is 4.39 Å². The molecule has 0 radical (unpaired) electrons. The molecule has 2 aromatic rings. The first-order valence-electron chi connectivity index (χ1n) is 6.24. The van der Waals surface area contributed by atoms with Gasteiger partial charge in [0.1, 0.15) is 16.8 Å². The first-order chi connectivity index (χ1) is 9.27. The van der Waals surface area contributed by atoms with Crippen LogP contribution in [0.1, 0.15) is 37.9 Å². The molecule has 0 spiro atoms. The monoisotopic (exact) mass is 356 g/mol. The minimum atomic E-state index is -0.262. The highest BCUT2D eigenvalue weighted by molar-refractivity contribution is 9.10. The number of benzene rings is 1. The molecule has 0 saturated carbocycles. The lowest BCUT2D eigenvalue weighted by Crippen LogP contribution is -2.17. The van der Waals surface area contributed by atoms with Crippen LogP contribution in [0, 0.1) is 5.82 Å². The zero-order valence-electron chi connectivity index (χ0n) is 11.5. The highest BCUT2D eigenvalue weighted by Crippen LogP contribution is 2.32. The summed E-state index contributed by atoms with van der Waals surface area (Å²) in [6, 6.07) is 6.42. The molecule has 2 nitrogen and oxygen atoms in total. The largest absolute Gasteiger partial charge is 0.236 e. The lowest BCUT2D eigenvalue weighted by Gasteiger charge is -2.20. The zero-order chi connectivity index (χ0) is 14.9. The third-order valence-electron chi connectivity index (χ3n) is 2.82. The Morgan fingerprint density at radius 2 is 1.95 bits per heavy atom. The maximum Gasteiger partial charge on any atom is 0.147 e. The Kier molecular flexibility index (Phi) is 4.45. The Morgan fingerprint density at radius 1 is 1.25 bits per heavy atom. The fourth-order valence-corrected chi connectivity index (χ4v) is 2.83. The third-order valence-corrected chi connectivity index (χ3v) is 4.07. The van der Waals surface area contributed by atoms with Crippen molar-refractivity contribution < 1.29 is 4.39 Å². The van der Waals surface area contributed by atoms with Gasteiger partial charge in [-0.2, -0.15) is 0 Å². The summed E-state index contributed by atoms with van der Waals surface area (Å²) in [4.78, 5) is 8.82. The number of hydrogen-bond acceptors (Lipinski definition) is 2. The minimum Gasteiger partial charge on any atom is -0.236 e. The van der Waals surface area contributed by atoms with Gasteiger partial charge in [0, 0.05) is 11.8 Å². The average Bonchev–Trinajstić information content (AvgIpc) is 2.32. The van der Waals surface area contributed by atoms with Crippen molar-refractivity contribution in [3.63, 3.8) is 0 Å². The quantitative estimate of drug-likeness (QED) is 0.713. The molecule has 2 rings (SSSR count). The predicted octanol–water partition coefficient (Wildman–Crippen LogP) is 4.92. The van der Waals surface area contributed by atoms with Crippen LogP contribution in [0.3, 0.4) is 0 Å². The van der Waals surface area contributed by atoms with Crippen LogP contribution >= 0.6 is 27.5 Å². The van der Waals surface area contributed by atoms with Gasteiger partial charge >= 0.3 is 0 Å². The molecule has 0 aliphatic carbocycles. The summed E-state index contributed by atoms with van der Waals surface area (Å²) in [6.07, 6.45) is 0.452. The number of halogens is 3. The van der Waals surface area contributed by atoms with Gasteiger partial charge in [0.2, 0.25) is 0 Å². The van der Waals surface area contributed by atoms with Crippen LogP contribution in [0.25, 0.3) is 0 Å². The Bertz CT molecular complexity index is 638. The van der Waals surface area contributed by atoms with Crippen molar-refractivity contribution >= 4 is 27.5 Å². The first kappa shape index (κ1) is 15.4. The van der Waals surface area contributed by atoms with Crippen molar-refractivity contribution in [3.05, 3.63) is 56.8 Å². The zero-order valence-corrected chi connectivity index (χ0v) is 13.9. The van der Waals surface area contributed by atoms with Gasteiger partial charge in [-0.25, -0.2) is 14.4 Å². The van der Waals surface area contributed by atoms with Gasteiger partial charge in [-0.1, -0.05) is 44.5 Å². The van der Waals surface area contributed by atoms with Crippen LogP contribution in [0.15, 0.2) is 28.7 Å². The van der Waals surface area contributed by atoms with Crippen LogP contribution < -0.4 is 0 Å². The molecule has 20 heavy (non-hydrogen) atoms. The number of aromatic nitrogens is 2. The molecule has 106 valence electrons. The Morgan fingerprint density at radius 3 is 2.55 bits per heavy atom. The molecule has 0 saturated heterocycles. The van der Waals surface area contributed by atoms with E-state index in [1.807, 2.05) is 6.07 Å². The second kappa shape index (κ2) is 5.78. The first-order valence-corrected chi connectivity index (χ1v) is 7.41. The standard InChI is InChI=1S/C15H15BrClFN2/c1-15(2,3)13-12(16)14(17)20-11(19-13)8-9-5-4-6-10(18)7-9/h4-7H,8H2,1-3H3. The van der Waals surface area contributed by atoms with Crippen LogP contribution in [-0.4, -0.2) is 9.97 Å². The van der Waals surface area contributed by atoms with Gasteiger partial charge in [0.25, 0.3) is 0 Å². The normalized spacial score (nSPS) is 11.7. The Balaban J connectivity index is 2.41. The lowest BCUT2D eigenvalue weighted by molar-refractivity contribution is 0.559. The maximum absolute atomic E-state index is 13.2. The molecule has 0 atom stereocenters. The van der Waals surface area contributed by atoms with E-state index in [0.29, 0.717) is 17.4 Å². The van der Waals surface area contributed by atoms with E-state index in [4.69, 9.17) is 11.6 Å². The highest BCUT2D eigenvalue weighted by atomic mass is 79.9. The number of nitrogens with zero attached hydrogens (tertiary/aromatic N) is 2. The predicted molar refractivity (Wildman–Crippen MR) is 82.6 cm³/mol. The number of hydrogen-bond donors (Lipinski definition) is 0. The molecule has 1 heterocycles. The van der Waals surface area contributed by atoms with E-state index in [1.165, 1.54) is 12.1 Å². The van der Waals surface area contributed by atoms with E-state index >= 15 is 0 Å². The van der Waals surface area contributed by atoms with Crippen molar-refractivity contribution in [1.82, 2.24) is 9.97 Å². The minimum absolute atomic E-state index is 0.151. The van der Waals surface area contributed by atoms with Gasteiger partial charge in [-0.3, -0.25) is 0 Å². The van der Waals surface area contributed by atoms with E-state index in [2.05, 4.69) is 46.7 Å². The van der Waals surface area contributed by atoms with Crippen molar-refractivity contribution in [2.45, 2.75) is 32.6 Å². The SMILES string of the molecule is CC(C)(C)c1nc(Cc2cccc(F)c2)nc(Cl)c1Br. The molecule has 0 N–H and O–H groups in total. The van der Waals surface area contributed by atoms with Gasteiger partial charge in [-0.15, -0.1) is 0 Å². The average molecular weight is 358 g/mol. The number of rotatable bonds is 2. The fourth-order valence-electron chi connectivity index (χ4n) is 1.87. The van der Waals surface area contributed by atoms with Crippen molar-refractivity contribution in [2.24, 2.45) is 0 Å². The summed E-state index contributed by atoms with van der Waals surface area (Å²) in [5.41, 5.74) is 1.52. The molecule has 0 fully saturated rings. The molecule has 0 aliphatic rings. The van der Waals surface area contributed by atoms with E-state index < -0.39 is 0 Å². The van der Waals surface area contributed by atoms with Gasteiger partial charge in [0.05, 0.1) is 10.2 Å². The van der Waals surface area contributed by atoms with Crippen LogP contribution in [0.2, 0.25) is 5.15 Å². The van der Waals surface area contributed by atoms with Gasteiger partial charge in [0.15, 0.2) is 0 Å². The van der Waals surface area contributed by atoms with Gasteiger partial charge in [-0.05, 0) is 33.6 Å². The highest BCUT2D eigenvalue weighted by Gasteiger charge is 2.22. The third kappa shape index (κ3) is 3.55. The molecular formula is C15H15BrClFN2. The molecule has 0 unspecified atom stereocenters. The molecule has 0 bridgehead atoms.